The standard InChI is InChI=1S/C17H36O4S.K/c1-3-4-5-6-7-8-9-10-11-14-17(22(19,20)21)15-12-13-16(2)18;/h16-18H,3-15H2,1-2H3,(H,19,20,21);/q;+1/p-1. The van der Waals surface area contributed by atoms with Crippen LogP contribution in [0.5, 0.6) is 0 Å². The van der Waals surface area contributed by atoms with Gasteiger partial charge in [0.2, 0.25) is 0 Å². The summed E-state index contributed by atoms with van der Waals surface area (Å²) in [7, 11) is -4.20. The van der Waals surface area contributed by atoms with E-state index < -0.39 is 21.5 Å². The van der Waals surface area contributed by atoms with Crippen molar-refractivity contribution in [1.82, 2.24) is 0 Å². The first-order valence-electron chi connectivity index (χ1n) is 9.00. The number of aliphatic hydroxyl groups is 1. The molecule has 0 spiro atoms. The fourth-order valence-electron chi connectivity index (χ4n) is 2.76. The van der Waals surface area contributed by atoms with E-state index in [4.69, 9.17) is 0 Å². The quantitative estimate of drug-likeness (QED) is 0.267. The molecule has 0 aliphatic carbocycles. The first-order valence-corrected chi connectivity index (χ1v) is 10.5. The fourth-order valence-corrected chi connectivity index (χ4v) is 3.67. The van der Waals surface area contributed by atoms with Crippen molar-refractivity contribution < 1.29 is 69.5 Å². The van der Waals surface area contributed by atoms with Crippen LogP contribution in [0.15, 0.2) is 0 Å². The van der Waals surface area contributed by atoms with E-state index in [2.05, 4.69) is 6.92 Å². The molecule has 2 unspecified atom stereocenters. The number of aliphatic hydroxyl groups excluding tert-OH is 1. The Morgan fingerprint density at radius 3 is 1.70 bits per heavy atom. The van der Waals surface area contributed by atoms with Crippen LogP contribution in [0.1, 0.15) is 97.3 Å². The average molecular weight is 375 g/mol. The van der Waals surface area contributed by atoms with Crippen LogP contribution in [0.3, 0.4) is 0 Å². The molecule has 1 N–H and O–H groups in total. The van der Waals surface area contributed by atoms with E-state index in [-0.39, 0.29) is 51.4 Å². The zero-order valence-electron chi connectivity index (χ0n) is 15.4. The van der Waals surface area contributed by atoms with E-state index in [1.165, 1.54) is 38.5 Å². The van der Waals surface area contributed by atoms with Crippen LogP contribution in [0.25, 0.3) is 0 Å². The summed E-state index contributed by atoms with van der Waals surface area (Å²) in [5, 5.41) is 8.42. The zero-order valence-corrected chi connectivity index (χ0v) is 19.4. The normalized spacial score (nSPS) is 14.3. The van der Waals surface area contributed by atoms with E-state index in [9.17, 15) is 18.1 Å². The third-order valence-corrected chi connectivity index (χ3v) is 5.47. The minimum atomic E-state index is -4.20. The Hall–Kier alpha value is 1.51. The third-order valence-electron chi connectivity index (χ3n) is 4.19. The SMILES string of the molecule is CCCCCCCCCCCC(CCCC(C)O)S(=O)(=O)[O-].[K+]. The summed E-state index contributed by atoms with van der Waals surface area (Å²) < 4.78 is 33.8. The van der Waals surface area contributed by atoms with E-state index in [0.717, 1.165) is 19.3 Å². The summed E-state index contributed by atoms with van der Waals surface area (Å²) in [5.74, 6) is 0. The fraction of sp³-hybridized carbons (Fsp3) is 1.00. The maximum Gasteiger partial charge on any atom is 1.00 e. The number of hydrogen-bond acceptors (Lipinski definition) is 4. The molecule has 0 aromatic carbocycles. The first kappa shape index (κ1) is 26.7. The molecular weight excluding hydrogens is 339 g/mol. The largest absolute Gasteiger partial charge is 1.00 e. The Bertz CT molecular complexity index is 345. The maximum atomic E-state index is 11.3. The molecule has 23 heavy (non-hydrogen) atoms. The van der Waals surface area contributed by atoms with Crippen molar-refractivity contribution in [3.05, 3.63) is 0 Å². The second-order valence-electron chi connectivity index (χ2n) is 6.51. The summed E-state index contributed by atoms with van der Waals surface area (Å²) in [4.78, 5) is 0. The van der Waals surface area contributed by atoms with Crippen molar-refractivity contribution in [2.24, 2.45) is 0 Å². The van der Waals surface area contributed by atoms with E-state index in [1.54, 1.807) is 6.92 Å². The van der Waals surface area contributed by atoms with E-state index in [1.807, 2.05) is 0 Å². The summed E-state index contributed by atoms with van der Waals surface area (Å²) in [6.45, 7) is 3.89. The van der Waals surface area contributed by atoms with Gasteiger partial charge in [0, 0.05) is 5.25 Å². The second-order valence-corrected chi connectivity index (χ2v) is 8.16. The molecule has 0 heterocycles. The molecule has 0 amide bonds. The van der Waals surface area contributed by atoms with Crippen LogP contribution in [-0.2, 0) is 10.1 Å². The van der Waals surface area contributed by atoms with Gasteiger partial charge in [0.1, 0.15) is 0 Å². The number of hydrogen-bond donors (Lipinski definition) is 1. The van der Waals surface area contributed by atoms with Crippen LogP contribution in [0.2, 0.25) is 0 Å². The van der Waals surface area contributed by atoms with Crippen LogP contribution >= 0.6 is 0 Å². The molecule has 0 aliphatic rings. The Kier molecular flexibility index (Phi) is 19.7. The molecule has 0 aliphatic heterocycles. The third kappa shape index (κ3) is 18.1. The van der Waals surface area contributed by atoms with Gasteiger partial charge >= 0.3 is 51.4 Å². The van der Waals surface area contributed by atoms with Crippen molar-refractivity contribution in [2.45, 2.75) is 109 Å². The topological polar surface area (TPSA) is 77.4 Å². The monoisotopic (exact) mass is 374 g/mol. The summed E-state index contributed by atoms with van der Waals surface area (Å²) in [6.07, 6.45) is 12.2. The van der Waals surface area contributed by atoms with Gasteiger partial charge in [-0.3, -0.25) is 0 Å². The van der Waals surface area contributed by atoms with Gasteiger partial charge in [-0.15, -0.1) is 0 Å². The van der Waals surface area contributed by atoms with Gasteiger partial charge in [-0.05, 0) is 32.6 Å². The maximum absolute atomic E-state index is 11.3. The summed E-state index contributed by atoms with van der Waals surface area (Å²) in [6, 6.07) is 0. The Balaban J connectivity index is 0. The molecule has 6 heteroatoms. The van der Waals surface area contributed by atoms with Crippen LogP contribution in [0, 0.1) is 0 Å². The van der Waals surface area contributed by atoms with Crippen molar-refractivity contribution >= 4 is 10.1 Å². The Morgan fingerprint density at radius 1 is 0.826 bits per heavy atom. The number of unbranched alkanes of at least 4 members (excludes halogenated alkanes) is 8. The molecule has 0 aromatic heterocycles. The minimum Gasteiger partial charge on any atom is -0.748 e. The Morgan fingerprint density at radius 2 is 1.26 bits per heavy atom. The smallest absolute Gasteiger partial charge is 0.748 e. The molecular formula is C17H35KO4S. The molecule has 134 valence electrons. The molecule has 0 saturated heterocycles. The number of rotatable bonds is 15. The molecule has 2 atom stereocenters. The van der Waals surface area contributed by atoms with Crippen molar-refractivity contribution in [2.75, 3.05) is 0 Å². The molecule has 4 nitrogen and oxygen atoms in total. The summed E-state index contributed by atoms with van der Waals surface area (Å²) in [5.41, 5.74) is 0. The van der Waals surface area contributed by atoms with Gasteiger partial charge in [-0.2, -0.15) is 0 Å². The van der Waals surface area contributed by atoms with E-state index >= 15 is 0 Å². The molecule has 0 bridgehead atoms. The first-order chi connectivity index (χ1) is 10.4. The molecule has 0 aromatic rings. The zero-order chi connectivity index (χ0) is 16.8. The molecule has 0 rings (SSSR count). The van der Waals surface area contributed by atoms with Crippen molar-refractivity contribution in [3.8, 4) is 0 Å². The minimum absolute atomic E-state index is 0. The van der Waals surface area contributed by atoms with Gasteiger partial charge in [-0.1, -0.05) is 64.7 Å². The van der Waals surface area contributed by atoms with Crippen LogP contribution in [-0.4, -0.2) is 29.4 Å². The van der Waals surface area contributed by atoms with Gasteiger partial charge in [0.25, 0.3) is 0 Å². The van der Waals surface area contributed by atoms with Gasteiger partial charge in [-0.25, -0.2) is 8.42 Å². The van der Waals surface area contributed by atoms with Crippen molar-refractivity contribution in [3.63, 3.8) is 0 Å². The van der Waals surface area contributed by atoms with E-state index in [0.29, 0.717) is 25.7 Å². The average Bonchev–Trinajstić information content (AvgIpc) is 2.42. The van der Waals surface area contributed by atoms with Gasteiger partial charge in [0.15, 0.2) is 0 Å². The van der Waals surface area contributed by atoms with Crippen molar-refractivity contribution in [1.29, 1.82) is 0 Å². The van der Waals surface area contributed by atoms with Crippen LogP contribution in [0.4, 0.5) is 0 Å². The predicted octanol–water partition coefficient (Wildman–Crippen LogP) is 1.38. The molecule has 0 fully saturated rings. The summed E-state index contributed by atoms with van der Waals surface area (Å²) >= 11 is 0. The predicted molar refractivity (Wildman–Crippen MR) is 90.9 cm³/mol. The van der Waals surface area contributed by atoms with Gasteiger partial charge < -0.3 is 9.66 Å². The Labute approximate surface area is 186 Å². The second kappa shape index (κ2) is 16.9. The van der Waals surface area contributed by atoms with Crippen LogP contribution < -0.4 is 51.4 Å². The molecule has 0 saturated carbocycles. The molecule has 0 radical (unpaired) electrons. The van der Waals surface area contributed by atoms with Gasteiger partial charge in [0.05, 0.1) is 16.2 Å².